The number of fused-ring (bicyclic) bond motifs is 11. The fraction of sp³-hybridized carbons (Fsp3) is 0.0545. The molecule has 0 aliphatic heterocycles. The minimum Gasteiger partial charge on any atom is -0.455 e. The summed E-state index contributed by atoms with van der Waals surface area (Å²) in [7, 11) is 0. The van der Waals surface area contributed by atoms with Gasteiger partial charge in [0.15, 0.2) is 0 Å². The van der Waals surface area contributed by atoms with E-state index >= 15 is 0 Å². The Balaban J connectivity index is 1.30. The summed E-state index contributed by atoms with van der Waals surface area (Å²) in [5.74, 6) is 0. The average Bonchev–Trinajstić information content (AvgIpc) is 4.05. The van der Waals surface area contributed by atoms with Crippen LogP contribution in [0, 0.1) is 0 Å². The topological polar surface area (TPSA) is 21.3 Å². The normalized spacial score (nSPS) is 17.0. The maximum Gasteiger partial charge on any atom is 0.143 e. The summed E-state index contributed by atoms with van der Waals surface area (Å²) in [5.41, 5.74) is 4.50. The number of furan rings is 1. The van der Waals surface area contributed by atoms with Crippen molar-refractivity contribution in [3.05, 3.63) is 205 Å². The van der Waals surface area contributed by atoms with E-state index in [9.17, 15) is 11.0 Å². The maximum absolute atomic E-state index is 10.5. The lowest BCUT2D eigenvalue weighted by Crippen LogP contribution is -2.16. The molecule has 0 unspecified atom stereocenters. The number of nitrogens with zero attached hydrogens (tertiary/aromatic N) is 2. The lowest BCUT2D eigenvalue weighted by molar-refractivity contribution is 0.660. The van der Waals surface area contributed by atoms with E-state index in [0.717, 1.165) is 37.9 Å². The molecule has 11 aromatic rings. The molecule has 9 aromatic carbocycles. The van der Waals surface area contributed by atoms with Crippen LogP contribution in [0.15, 0.2) is 198 Å². The van der Waals surface area contributed by atoms with Crippen LogP contribution in [0.4, 0.5) is 17.1 Å². The molecule has 0 fully saturated rings. The van der Waals surface area contributed by atoms with Gasteiger partial charge in [0.2, 0.25) is 0 Å². The Kier molecular flexibility index (Phi) is 4.40. The monoisotopic (exact) mass is 758 g/mol. The van der Waals surface area contributed by atoms with Gasteiger partial charge in [-0.3, -0.25) is 0 Å². The highest BCUT2D eigenvalue weighted by Crippen LogP contribution is 2.52. The van der Waals surface area contributed by atoms with Crippen LogP contribution in [0.1, 0.15) is 46.9 Å². The summed E-state index contributed by atoms with van der Waals surface area (Å²) in [6.45, 7) is 4.23. The summed E-state index contributed by atoms with van der Waals surface area (Å²) >= 11 is 0. The minimum absolute atomic E-state index is 0.0360. The van der Waals surface area contributed by atoms with E-state index in [0.29, 0.717) is 11.4 Å². The van der Waals surface area contributed by atoms with Gasteiger partial charge in [0.25, 0.3) is 0 Å². The van der Waals surface area contributed by atoms with Crippen molar-refractivity contribution in [2.45, 2.75) is 19.3 Å². The van der Waals surface area contributed by atoms with Gasteiger partial charge in [-0.1, -0.05) is 153 Å². The second-order valence-electron chi connectivity index (χ2n) is 14.9. The lowest BCUT2D eigenvalue weighted by atomic mass is 9.82. The Morgan fingerprint density at radius 1 is 0.534 bits per heavy atom. The third-order valence-corrected chi connectivity index (χ3v) is 11.4. The van der Waals surface area contributed by atoms with E-state index in [1.54, 1.807) is 4.90 Å². The van der Waals surface area contributed by atoms with Crippen molar-refractivity contribution in [1.29, 1.82) is 0 Å². The summed E-state index contributed by atoms with van der Waals surface area (Å²) in [5, 5.41) is -1.66. The summed E-state index contributed by atoms with van der Waals surface area (Å²) in [6, 6.07) is 20.5. The van der Waals surface area contributed by atoms with Gasteiger partial charge in [-0.05, 0) is 87.9 Å². The largest absolute Gasteiger partial charge is 0.455 e. The summed E-state index contributed by atoms with van der Waals surface area (Å²) < 4.78 is 155. The SMILES string of the molecule is [2H]c1c([2H])c(N(c2ccc(-c3ccccc3)cc2)c2ccc3c(c2)C(C)(C)c2ccccc2-3)c2c(oc3c4c([2H])c([2H])c([2H])c([2H])c4c(-n4c5c([2H])c([2H])c([2H])c([2H])c5c5c([2H])c([2H])c([2H])c([2H])c54)c([2H])c32)c1[2H]. The number of hydrogen-bond acceptors (Lipinski definition) is 2. The maximum atomic E-state index is 10.5. The van der Waals surface area contributed by atoms with Crippen molar-refractivity contribution in [2.24, 2.45) is 0 Å². The molecule has 3 nitrogen and oxygen atoms in total. The molecule has 2 aromatic heterocycles. The smallest absolute Gasteiger partial charge is 0.143 e. The first-order valence-corrected chi connectivity index (χ1v) is 18.8. The molecule has 0 saturated carbocycles. The number of hydrogen-bond donors (Lipinski definition) is 0. The highest BCUT2D eigenvalue weighted by atomic mass is 16.3. The van der Waals surface area contributed by atoms with Gasteiger partial charge in [-0.25, -0.2) is 0 Å². The fourth-order valence-corrected chi connectivity index (χ4v) is 8.74. The molecule has 0 atom stereocenters. The van der Waals surface area contributed by atoms with Crippen LogP contribution in [0.5, 0.6) is 0 Å². The van der Waals surface area contributed by atoms with Gasteiger partial charge >= 0.3 is 0 Å². The molecule has 2 heterocycles. The van der Waals surface area contributed by atoms with E-state index in [-0.39, 0.29) is 43.8 Å². The van der Waals surface area contributed by atoms with Crippen molar-refractivity contribution in [1.82, 2.24) is 4.57 Å². The van der Waals surface area contributed by atoms with Gasteiger partial charge in [0.05, 0.1) is 49.7 Å². The number of para-hydroxylation sites is 2. The third kappa shape index (κ3) is 4.68. The molecule has 1 aliphatic rings. The third-order valence-electron chi connectivity index (χ3n) is 11.4. The zero-order chi connectivity index (χ0) is 52.5. The van der Waals surface area contributed by atoms with Gasteiger partial charge in [-0.15, -0.1) is 0 Å². The van der Waals surface area contributed by atoms with Crippen molar-refractivity contribution in [2.75, 3.05) is 4.90 Å². The minimum atomic E-state index is -0.751. The van der Waals surface area contributed by atoms with Gasteiger partial charge in [0, 0.05) is 43.7 Å². The van der Waals surface area contributed by atoms with Crippen LogP contribution in [-0.4, -0.2) is 4.57 Å². The quantitative estimate of drug-likeness (QED) is 0.174. The molecule has 0 amide bonds. The second-order valence-corrected chi connectivity index (χ2v) is 14.9. The van der Waals surface area contributed by atoms with Crippen molar-refractivity contribution >= 4 is 71.6 Å². The molecule has 3 heteroatoms. The predicted octanol–water partition coefficient (Wildman–Crippen LogP) is 15.3. The highest BCUT2D eigenvalue weighted by molar-refractivity contribution is 6.22. The first-order valence-electron chi connectivity index (χ1n) is 26.8. The molecule has 274 valence electrons. The van der Waals surface area contributed by atoms with Crippen molar-refractivity contribution in [3.63, 3.8) is 0 Å². The standard InChI is InChI=1S/C55H38N2O/c1-55(2)46-22-11-8-17-39(46)40-32-31-38(33-47(40)55)56(37-29-27-36(28-30-37)35-15-4-3-5-16-35)50-25-14-26-52-53(50)45-34-51(43-20-6-7-21-44(43)54(45)58-52)57-48-23-12-9-18-41(48)42-19-10-13-24-49(42)57/h3-34H,1-2H3/i6D,7D,9D,10D,12D,13D,14D,18D,19D,20D,21D,23D,24D,25D,26D,34D. The van der Waals surface area contributed by atoms with E-state index in [1.165, 1.54) is 0 Å². The van der Waals surface area contributed by atoms with Crippen molar-refractivity contribution < 1.29 is 26.3 Å². The van der Waals surface area contributed by atoms with Gasteiger partial charge in [0.1, 0.15) is 11.2 Å². The Morgan fingerprint density at radius 3 is 1.91 bits per heavy atom. The zero-order valence-corrected chi connectivity index (χ0v) is 31.0. The number of benzene rings is 9. The van der Waals surface area contributed by atoms with Gasteiger partial charge in [-0.2, -0.15) is 0 Å². The molecule has 58 heavy (non-hydrogen) atoms. The van der Waals surface area contributed by atoms with Crippen molar-refractivity contribution in [3.8, 4) is 27.9 Å². The van der Waals surface area contributed by atoms with Crippen LogP contribution in [-0.2, 0) is 5.41 Å². The van der Waals surface area contributed by atoms with E-state index in [4.69, 9.17) is 15.4 Å². The zero-order valence-electron chi connectivity index (χ0n) is 47.0. The molecular formula is C55H38N2O. The highest BCUT2D eigenvalue weighted by Gasteiger charge is 2.36. The lowest BCUT2D eigenvalue weighted by Gasteiger charge is -2.29. The molecule has 0 N–H and O–H groups in total. The molecule has 1 aliphatic carbocycles. The Bertz CT molecular complexity index is 4280. The van der Waals surface area contributed by atoms with Crippen LogP contribution >= 0.6 is 0 Å². The molecular weight excluding hydrogens is 705 g/mol. The van der Waals surface area contributed by atoms with Gasteiger partial charge < -0.3 is 13.9 Å². The number of rotatable bonds is 5. The van der Waals surface area contributed by atoms with Crippen LogP contribution in [0.3, 0.4) is 0 Å². The van der Waals surface area contributed by atoms with Crippen LogP contribution in [0.2, 0.25) is 0 Å². The Morgan fingerprint density at radius 2 is 1.16 bits per heavy atom. The number of aromatic nitrogens is 1. The Hall–Kier alpha value is -7.36. The average molecular weight is 759 g/mol. The summed E-state index contributed by atoms with van der Waals surface area (Å²) in [4.78, 5) is 1.74. The van der Waals surface area contributed by atoms with Crippen LogP contribution < -0.4 is 4.90 Å². The van der Waals surface area contributed by atoms with E-state index in [1.807, 2.05) is 84.9 Å². The summed E-state index contributed by atoms with van der Waals surface area (Å²) in [6.07, 6.45) is 0. The predicted molar refractivity (Wildman–Crippen MR) is 243 cm³/mol. The van der Waals surface area contributed by atoms with E-state index < -0.39 is 124 Å². The fourth-order valence-electron chi connectivity index (χ4n) is 8.74. The molecule has 0 radical (unpaired) electrons. The van der Waals surface area contributed by atoms with E-state index in [2.05, 4.69) is 26.0 Å². The van der Waals surface area contributed by atoms with Crippen LogP contribution in [0.25, 0.3) is 82.5 Å². The molecule has 0 bridgehead atoms. The number of anilines is 3. The molecule has 0 saturated heterocycles. The molecule has 12 rings (SSSR count). The second kappa shape index (κ2) is 12.3. The Labute approximate surface area is 359 Å². The molecule has 0 spiro atoms. The first-order chi connectivity index (χ1) is 35.2. The first kappa shape index (κ1) is 20.7.